The van der Waals surface area contributed by atoms with Crippen molar-refractivity contribution in [3.8, 4) is 23.0 Å². The molecule has 1 heterocycles. The van der Waals surface area contributed by atoms with E-state index in [0.29, 0.717) is 39.4 Å². The maximum absolute atomic E-state index is 12.4. The molecule has 0 bridgehead atoms. The van der Waals surface area contributed by atoms with Crippen LogP contribution < -0.4 is 30.3 Å². The van der Waals surface area contributed by atoms with Crippen molar-refractivity contribution in [2.75, 3.05) is 27.4 Å². The molecule has 204 valence electrons. The number of carbonyl (C=O) groups excluding carboxylic acids is 2. The number of urea groups is 1. The summed E-state index contributed by atoms with van der Waals surface area (Å²) in [7, 11) is 2.70. The molecule has 0 saturated carbocycles. The number of ether oxygens (including phenoxy) is 4. The molecule has 0 aromatic heterocycles. The number of aliphatic hydroxyl groups is 1. The zero-order chi connectivity index (χ0) is 27.8. The van der Waals surface area contributed by atoms with Gasteiger partial charge in [-0.2, -0.15) is 5.10 Å². The van der Waals surface area contributed by atoms with E-state index in [1.165, 1.54) is 20.4 Å². The summed E-state index contributed by atoms with van der Waals surface area (Å²) in [6.07, 6.45) is 0.279. The van der Waals surface area contributed by atoms with Crippen LogP contribution in [-0.4, -0.2) is 62.1 Å². The summed E-state index contributed by atoms with van der Waals surface area (Å²) in [6.45, 7) is 3.57. The van der Waals surface area contributed by atoms with Gasteiger partial charge in [0, 0.05) is 5.70 Å². The summed E-state index contributed by atoms with van der Waals surface area (Å²) in [5, 5.41) is 29.5. The van der Waals surface area contributed by atoms with E-state index < -0.39 is 24.3 Å². The Kier molecular flexibility index (Phi) is 9.79. The number of phenolic OH excluding ortho intramolecular Hbond substituents is 1. The van der Waals surface area contributed by atoms with Crippen LogP contribution in [0.4, 0.5) is 4.79 Å². The largest absolute Gasteiger partial charge is 0.503 e. The predicted octanol–water partition coefficient (Wildman–Crippen LogP) is 2.68. The van der Waals surface area contributed by atoms with Crippen LogP contribution in [0.5, 0.6) is 23.0 Å². The van der Waals surface area contributed by atoms with Gasteiger partial charge in [0.25, 0.3) is 0 Å². The molecule has 0 unspecified atom stereocenters. The van der Waals surface area contributed by atoms with Crippen molar-refractivity contribution in [1.82, 2.24) is 16.1 Å². The van der Waals surface area contributed by atoms with E-state index in [4.69, 9.17) is 18.9 Å². The summed E-state index contributed by atoms with van der Waals surface area (Å²) in [6, 6.07) is 6.95. The van der Waals surface area contributed by atoms with Gasteiger partial charge in [-0.15, -0.1) is 0 Å². The molecular formula is C25H29BrN4O8. The number of aliphatic hydroxyl groups excluding tert-OH is 1. The van der Waals surface area contributed by atoms with Gasteiger partial charge in [0.1, 0.15) is 6.61 Å². The normalized spacial score (nSPS) is 15.9. The van der Waals surface area contributed by atoms with Crippen LogP contribution in [0.3, 0.4) is 0 Å². The molecular weight excluding hydrogens is 564 g/mol. The number of aromatic hydroxyl groups is 1. The van der Waals surface area contributed by atoms with Crippen molar-refractivity contribution in [3.63, 3.8) is 0 Å². The van der Waals surface area contributed by atoms with Crippen LogP contribution in [-0.2, 0) is 9.53 Å². The fourth-order valence-corrected chi connectivity index (χ4v) is 4.10. The van der Waals surface area contributed by atoms with E-state index >= 15 is 0 Å². The Bertz CT molecular complexity index is 1250. The molecule has 1 aliphatic heterocycles. The number of allylic oxidation sites excluding steroid dienone is 1. The molecule has 0 fully saturated rings. The first-order valence-corrected chi connectivity index (χ1v) is 12.3. The molecule has 0 radical (unpaired) electrons. The predicted molar refractivity (Wildman–Crippen MR) is 141 cm³/mol. The molecule has 2 aromatic carbocycles. The Hall–Kier alpha value is -3.97. The topological polar surface area (TPSA) is 160 Å². The number of nitrogens with zero attached hydrogens (tertiary/aromatic N) is 1. The molecule has 5 N–H and O–H groups in total. The van der Waals surface area contributed by atoms with Crippen LogP contribution in [0.15, 0.2) is 51.2 Å². The lowest BCUT2D eigenvalue weighted by Gasteiger charge is -2.28. The second-order valence-electron chi connectivity index (χ2n) is 7.97. The van der Waals surface area contributed by atoms with Gasteiger partial charge in [-0.25, -0.2) is 9.59 Å². The fourth-order valence-electron chi connectivity index (χ4n) is 3.64. The number of hydrogen-bond donors (Lipinski definition) is 5. The molecule has 0 spiro atoms. The Balaban J connectivity index is 1.70. The molecule has 12 nitrogen and oxygen atoms in total. The number of phenols is 1. The minimum atomic E-state index is -1.16. The van der Waals surface area contributed by atoms with E-state index in [0.717, 1.165) is 0 Å². The lowest BCUT2D eigenvalue weighted by atomic mass is 9.95. The average Bonchev–Trinajstić information content (AvgIpc) is 2.89. The Morgan fingerprint density at radius 1 is 1.21 bits per heavy atom. The third-order valence-corrected chi connectivity index (χ3v) is 5.98. The maximum atomic E-state index is 12.4. The SMILES string of the molecule is CCOc1cc([C@H]2NC(=O)NC(C)=C2C(=O)OC)ccc1OC[C@@H](O)N/N=C\c1cc(Br)c(O)c(OC)c1. The third kappa shape index (κ3) is 6.86. The Morgan fingerprint density at radius 2 is 1.97 bits per heavy atom. The summed E-state index contributed by atoms with van der Waals surface area (Å²) in [5.74, 6) is 0.359. The van der Waals surface area contributed by atoms with Gasteiger partial charge in [-0.05, 0) is 65.2 Å². The highest BCUT2D eigenvalue weighted by molar-refractivity contribution is 9.10. The van der Waals surface area contributed by atoms with E-state index in [9.17, 15) is 19.8 Å². The molecule has 1 aliphatic rings. The minimum absolute atomic E-state index is 0.0302. The van der Waals surface area contributed by atoms with Crippen molar-refractivity contribution < 1.29 is 38.7 Å². The minimum Gasteiger partial charge on any atom is -0.503 e. The number of benzene rings is 2. The smallest absolute Gasteiger partial charge is 0.337 e. The lowest BCUT2D eigenvalue weighted by Crippen LogP contribution is -2.45. The van der Waals surface area contributed by atoms with Gasteiger partial charge in [-0.3, -0.25) is 5.43 Å². The van der Waals surface area contributed by atoms with Gasteiger partial charge < -0.3 is 39.8 Å². The Morgan fingerprint density at radius 3 is 2.66 bits per heavy atom. The molecule has 2 atom stereocenters. The number of esters is 1. The van der Waals surface area contributed by atoms with E-state index in [1.807, 2.05) is 0 Å². The van der Waals surface area contributed by atoms with Crippen LogP contribution in [0.2, 0.25) is 0 Å². The number of hydrazone groups is 1. The number of hydrogen-bond acceptors (Lipinski definition) is 10. The van der Waals surface area contributed by atoms with Gasteiger partial charge in [0.05, 0.1) is 43.1 Å². The molecule has 3 rings (SSSR count). The van der Waals surface area contributed by atoms with Crippen LogP contribution >= 0.6 is 15.9 Å². The number of nitrogens with one attached hydrogen (secondary N) is 3. The van der Waals surface area contributed by atoms with E-state index in [1.54, 1.807) is 44.2 Å². The van der Waals surface area contributed by atoms with Crippen molar-refractivity contribution in [1.29, 1.82) is 0 Å². The monoisotopic (exact) mass is 592 g/mol. The zero-order valence-corrected chi connectivity index (χ0v) is 22.8. The molecule has 2 amide bonds. The standard InChI is InChI=1S/C25H29BrN4O8/c1-5-37-18-10-15(22-21(24(33)36-4)13(2)28-25(34)29-22)6-7-17(18)38-12-20(31)30-27-11-14-8-16(26)23(32)19(9-14)35-3/h6-11,20,22,30-32H,5,12H2,1-4H3,(H2,28,29,34)/b27-11-/t20-,22-/m1/s1. The third-order valence-electron chi connectivity index (χ3n) is 5.38. The number of amides is 2. The molecule has 2 aromatic rings. The highest BCUT2D eigenvalue weighted by Crippen LogP contribution is 2.36. The first-order chi connectivity index (χ1) is 18.2. The summed E-state index contributed by atoms with van der Waals surface area (Å²) >= 11 is 3.24. The first-order valence-electron chi connectivity index (χ1n) is 11.5. The summed E-state index contributed by atoms with van der Waals surface area (Å²) in [4.78, 5) is 24.4. The van der Waals surface area contributed by atoms with Crippen molar-refractivity contribution in [2.24, 2.45) is 5.10 Å². The maximum Gasteiger partial charge on any atom is 0.337 e. The van der Waals surface area contributed by atoms with Gasteiger partial charge in [0.15, 0.2) is 29.2 Å². The molecule has 38 heavy (non-hydrogen) atoms. The highest BCUT2D eigenvalue weighted by Gasteiger charge is 2.32. The number of carbonyl (C=O) groups is 2. The molecule has 13 heteroatoms. The van der Waals surface area contributed by atoms with Gasteiger partial charge in [-0.1, -0.05) is 6.07 Å². The molecule has 0 aliphatic carbocycles. The zero-order valence-electron chi connectivity index (χ0n) is 21.2. The van der Waals surface area contributed by atoms with Gasteiger partial charge >= 0.3 is 12.0 Å². The Labute approximate surface area is 227 Å². The first kappa shape index (κ1) is 28.6. The van der Waals surface area contributed by atoms with E-state index in [2.05, 4.69) is 37.1 Å². The fraction of sp³-hybridized carbons (Fsp3) is 0.320. The number of rotatable bonds is 11. The quantitative estimate of drug-likeness (QED) is 0.114. The van der Waals surface area contributed by atoms with E-state index in [-0.39, 0.29) is 23.7 Å². The number of halogens is 1. The van der Waals surface area contributed by atoms with Gasteiger partial charge in [0.2, 0.25) is 0 Å². The highest BCUT2D eigenvalue weighted by atomic mass is 79.9. The number of methoxy groups -OCH3 is 2. The van der Waals surface area contributed by atoms with Crippen LogP contribution in [0.25, 0.3) is 0 Å². The van der Waals surface area contributed by atoms with Crippen LogP contribution in [0, 0.1) is 0 Å². The molecule has 0 saturated heterocycles. The van der Waals surface area contributed by atoms with Crippen molar-refractivity contribution >= 4 is 34.1 Å². The summed E-state index contributed by atoms with van der Waals surface area (Å²) < 4.78 is 21.9. The lowest BCUT2D eigenvalue weighted by molar-refractivity contribution is -0.136. The second-order valence-corrected chi connectivity index (χ2v) is 8.82. The van der Waals surface area contributed by atoms with Crippen molar-refractivity contribution in [3.05, 3.63) is 57.2 Å². The summed E-state index contributed by atoms with van der Waals surface area (Å²) in [5.41, 5.74) is 4.39. The average molecular weight is 593 g/mol. The van der Waals surface area contributed by atoms with Crippen LogP contribution in [0.1, 0.15) is 31.0 Å². The second kappa shape index (κ2) is 13.0. The van der Waals surface area contributed by atoms with Crippen molar-refractivity contribution in [2.45, 2.75) is 26.1 Å².